The predicted octanol–water partition coefficient (Wildman–Crippen LogP) is 7.07. The second-order valence-corrected chi connectivity index (χ2v) is 7.51. The minimum absolute atomic E-state index is 0.169. The summed E-state index contributed by atoms with van der Waals surface area (Å²) >= 11 is 0. The molecule has 0 saturated heterocycles. The van der Waals surface area contributed by atoms with Gasteiger partial charge in [0.15, 0.2) is 0 Å². The predicted molar refractivity (Wildman–Crippen MR) is 106 cm³/mol. The lowest BCUT2D eigenvalue weighted by molar-refractivity contribution is -0.0498. The van der Waals surface area contributed by atoms with E-state index in [1.807, 2.05) is 18.2 Å². The van der Waals surface area contributed by atoms with Crippen LogP contribution < -0.4 is 4.74 Å². The molecule has 1 aliphatic carbocycles. The number of alkyl halides is 2. The molecule has 0 spiro atoms. The maximum absolute atomic E-state index is 13.9. The highest BCUT2D eigenvalue weighted by atomic mass is 19.3. The average Bonchev–Trinajstić information content (AvgIpc) is 2.68. The number of fused-ring (bicyclic) bond motifs is 3. The summed E-state index contributed by atoms with van der Waals surface area (Å²) in [5.74, 6) is 0.603. The van der Waals surface area contributed by atoms with Gasteiger partial charge in [-0.3, -0.25) is 0 Å². The highest BCUT2D eigenvalue weighted by Gasteiger charge is 2.31. The van der Waals surface area contributed by atoms with Crippen molar-refractivity contribution in [2.45, 2.75) is 45.1 Å². The molecule has 2 atom stereocenters. The smallest absolute Gasteiger partial charge is 0.387 e. The van der Waals surface area contributed by atoms with Gasteiger partial charge in [-0.2, -0.15) is 8.78 Å². The van der Waals surface area contributed by atoms with Gasteiger partial charge < -0.3 is 4.74 Å². The Labute approximate surface area is 163 Å². The molecular weight excluding hydrogens is 361 g/mol. The van der Waals surface area contributed by atoms with Crippen LogP contribution in [-0.4, -0.2) is 6.61 Å². The van der Waals surface area contributed by atoms with Crippen molar-refractivity contribution in [2.24, 2.45) is 5.92 Å². The SMILES string of the molecule is CCC[C@@H]1CCc2c(ccc3ccc(F)cc23)[C@H]1c1ccc(OC(F)F)cc1. The molecule has 0 radical (unpaired) electrons. The molecular formula is C24H23F3O. The van der Waals surface area contributed by atoms with Gasteiger partial charge in [-0.1, -0.05) is 43.7 Å². The lowest BCUT2D eigenvalue weighted by Crippen LogP contribution is -2.22. The molecule has 3 aromatic rings. The van der Waals surface area contributed by atoms with Crippen molar-refractivity contribution in [3.05, 3.63) is 77.1 Å². The first-order valence-electron chi connectivity index (χ1n) is 9.82. The van der Waals surface area contributed by atoms with Crippen LogP contribution in [0.1, 0.15) is 48.8 Å². The Morgan fingerprint density at radius 2 is 1.79 bits per heavy atom. The number of hydrogen-bond donors (Lipinski definition) is 0. The topological polar surface area (TPSA) is 9.23 Å². The summed E-state index contributed by atoms with van der Waals surface area (Å²) in [4.78, 5) is 0. The van der Waals surface area contributed by atoms with Crippen LogP contribution in [-0.2, 0) is 6.42 Å². The van der Waals surface area contributed by atoms with Gasteiger partial charge in [0.25, 0.3) is 0 Å². The molecule has 0 aromatic heterocycles. The molecule has 1 aliphatic rings. The Bertz CT molecular complexity index is 965. The van der Waals surface area contributed by atoms with E-state index in [1.165, 1.54) is 17.2 Å². The van der Waals surface area contributed by atoms with Gasteiger partial charge in [0.2, 0.25) is 0 Å². The van der Waals surface area contributed by atoms with E-state index in [0.717, 1.165) is 42.0 Å². The van der Waals surface area contributed by atoms with Crippen LogP contribution in [0.3, 0.4) is 0 Å². The molecule has 0 aliphatic heterocycles. The van der Waals surface area contributed by atoms with Crippen molar-refractivity contribution < 1.29 is 17.9 Å². The molecule has 0 fully saturated rings. The molecule has 28 heavy (non-hydrogen) atoms. The van der Waals surface area contributed by atoms with Crippen LogP contribution in [0.5, 0.6) is 5.75 Å². The van der Waals surface area contributed by atoms with Crippen LogP contribution in [0.2, 0.25) is 0 Å². The Morgan fingerprint density at radius 1 is 1.04 bits per heavy atom. The monoisotopic (exact) mass is 384 g/mol. The minimum atomic E-state index is -2.82. The van der Waals surface area contributed by atoms with Crippen LogP contribution in [0.4, 0.5) is 13.2 Å². The summed E-state index contributed by atoms with van der Waals surface area (Å²) in [6, 6.07) is 16.2. The van der Waals surface area contributed by atoms with Gasteiger partial charge in [0.1, 0.15) is 11.6 Å². The first-order chi connectivity index (χ1) is 13.6. The molecule has 3 aromatic carbocycles. The average molecular weight is 384 g/mol. The van der Waals surface area contributed by atoms with Crippen LogP contribution in [0.15, 0.2) is 54.6 Å². The number of rotatable bonds is 5. The minimum Gasteiger partial charge on any atom is -0.435 e. The number of benzene rings is 3. The zero-order valence-electron chi connectivity index (χ0n) is 15.8. The summed E-state index contributed by atoms with van der Waals surface area (Å²) in [5.41, 5.74) is 3.53. The Hall–Kier alpha value is -2.49. The summed E-state index contributed by atoms with van der Waals surface area (Å²) in [6.45, 7) is -0.641. The molecule has 1 nitrogen and oxygen atoms in total. The first-order valence-corrected chi connectivity index (χ1v) is 9.82. The van der Waals surface area contributed by atoms with Gasteiger partial charge in [-0.15, -0.1) is 0 Å². The molecule has 4 heteroatoms. The van der Waals surface area contributed by atoms with Gasteiger partial charge in [0, 0.05) is 5.92 Å². The van der Waals surface area contributed by atoms with E-state index in [-0.39, 0.29) is 17.5 Å². The third-order valence-corrected chi connectivity index (χ3v) is 5.83. The van der Waals surface area contributed by atoms with Crippen molar-refractivity contribution >= 4 is 10.8 Å². The zero-order chi connectivity index (χ0) is 19.7. The van der Waals surface area contributed by atoms with Crippen LogP contribution in [0, 0.1) is 11.7 Å². The summed E-state index contributed by atoms with van der Waals surface area (Å²) < 4.78 is 43.3. The van der Waals surface area contributed by atoms with Gasteiger partial charge >= 0.3 is 6.61 Å². The van der Waals surface area contributed by atoms with Gasteiger partial charge in [0.05, 0.1) is 0 Å². The standard InChI is InChI=1S/C24H23F3O/c1-2-3-16-8-12-20-21(13-7-15-4-9-18(25)14-22(15)20)23(16)17-5-10-19(11-6-17)28-24(26)27/h4-7,9-11,13-14,16,23-24H,2-3,8,12H2,1H3/t16-,23-/m1/s1. The van der Waals surface area contributed by atoms with Crippen molar-refractivity contribution in [1.29, 1.82) is 0 Å². The largest absolute Gasteiger partial charge is 0.435 e. The zero-order valence-corrected chi connectivity index (χ0v) is 15.8. The Morgan fingerprint density at radius 3 is 2.50 bits per heavy atom. The number of halogens is 3. The highest BCUT2D eigenvalue weighted by Crippen LogP contribution is 2.45. The van der Waals surface area contributed by atoms with Crippen LogP contribution in [0.25, 0.3) is 10.8 Å². The normalized spacial score (nSPS) is 19.0. The molecule has 0 heterocycles. The number of ether oxygens (including phenoxy) is 1. The van der Waals surface area contributed by atoms with E-state index in [2.05, 4.69) is 23.8 Å². The van der Waals surface area contributed by atoms with Crippen molar-refractivity contribution in [3.63, 3.8) is 0 Å². The van der Waals surface area contributed by atoms with Crippen molar-refractivity contribution in [3.8, 4) is 5.75 Å². The van der Waals surface area contributed by atoms with E-state index in [9.17, 15) is 13.2 Å². The van der Waals surface area contributed by atoms with E-state index in [4.69, 9.17) is 0 Å². The van der Waals surface area contributed by atoms with Crippen molar-refractivity contribution in [2.75, 3.05) is 0 Å². The maximum atomic E-state index is 13.9. The van der Waals surface area contributed by atoms with E-state index in [0.29, 0.717) is 5.92 Å². The second kappa shape index (κ2) is 7.86. The molecule has 0 amide bonds. The Balaban J connectivity index is 1.80. The molecule has 4 rings (SSSR count). The molecule has 0 N–H and O–H groups in total. The number of aryl methyl sites for hydroxylation is 1. The number of hydrogen-bond acceptors (Lipinski definition) is 1. The molecule has 146 valence electrons. The van der Waals surface area contributed by atoms with E-state index in [1.54, 1.807) is 18.2 Å². The fourth-order valence-electron chi connectivity index (χ4n) is 4.68. The second-order valence-electron chi connectivity index (χ2n) is 7.51. The third-order valence-electron chi connectivity index (χ3n) is 5.83. The molecule has 0 bridgehead atoms. The lowest BCUT2D eigenvalue weighted by atomic mass is 9.69. The summed E-state index contributed by atoms with van der Waals surface area (Å²) in [5, 5.41) is 2.03. The fraction of sp³-hybridized carbons (Fsp3) is 0.333. The van der Waals surface area contributed by atoms with Crippen molar-refractivity contribution in [1.82, 2.24) is 0 Å². The highest BCUT2D eigenvalue weighted by molar-refractivity contribution is 5.87. The van der Waals surface area contributed by atoms with E-state index < -0.39 is 6.61 Å². The van der Waals surface area contributed by atoms with Gasteiger partial charge in [-0.25, -0.2) is 4.39 Å². The quantitative estimate of drug-likeness (QED) is 0.457. The summed E-state index contributed by atoms with van der Waals surface area (Å²) in [7, 11) is 0. The summed E-state index contributed by atoms with van der Waals surface area (Å²) in [6.07, 6.45) is 4.16. The molecule has 0 unspecified atom stereocenters. The lowest BCUT2D eigenvalue weighted by Gasteiger charge is -2.35. The molecule has 0 saturated carbocycles. The van der Waals surface area contributed by atoms with E-state index >= 15 is 0 Å². The van der Waals surface area contributed by atoms with Crippen LogP contribution >= 0.6 is 0 Å². The fourth-order valence-corrected chi connectivity index (χ4v) is 4.68. The Kier molecular flexibility index (Phi) is 5.29. The van der Waals surface area contributed by atoms with Gasteiger partial charge in [-0.05, 0) is 76.9 Å². The maximum Gasteiger partial charge on any atom is 0.387 e. The first kappa shape index (κ1) is 18.9. The third kappa shape index (κ3) is 3.60.